The maximum absolute atomic E-state index is 9.96. The van der Waals surface area contributed by atoms with Gasteiger partial charge in [-0.3, -0.25) is 0 Å². The molecule has 0 saturated heterocycles. The second-order valence-corrected chi connectivity index (χ2v) is 5.17. The van der Waals surface area contributed by atoms with Crippen LogP contribution in [0.15, 0.2) is 22.7 Å². The summed E-state index contributed by atoms with van der Waals surface area (Å²) in [4.78, 5) is 0. The molecule has 3 heteroatoms. The van der Waals surface area contributed by atoms with E-state index in [0.29, 0.717) is 6.42 Å². The van der Waals surface area contributed by atoms with Crippen LogP contribution in [0.2, 0.25) is 0 Å². The van der Waals surface area contributed by atoms with E-state index in [-0.39, 0.29) is 6.10 Å². The molecule has 2 nitrogen and oxygen atoms in total. The lowest BCUT2D eigenvalue weighted by molar-refractivity contribution is 0.161. The van der Waals surface area contributed by atoms with E-state index in [1.165, 1.54) is 12.8 Å². The molecule has 0 saturated carbocycles. The third-order valence-corrected chi connectivity index (χ3v) is 3.62. The Bertz CT molecular complexity index is 339. The average molecular weight is 301 g/mol. The van der Waals surface area contributed by atoms with Gasteiger partial charge in [0.25, 0.3) is 0 Å². The van der Waals surface area contributed by atoms with Crippen molar-refractivity contribution in [2.24, 2.45) is 0 Å². The number of rotatable bonds is 7. The highest BCUT2D eigenvalue weighted by molar-refractivity contribution is 9.10. The highest BCUT2D eigenvalue weighted by atomic mass is 79.9. The van der Waals surface area contributed by atoms with Gasteiger partial charge in [0, 0.05) is 4.47 Å². The molecule has 17 heavy (non-hydrogen) atoms. The molecule has 0 aromatic heterocycles. The van der Waals surface area contributed by atoms with Crippen molar-refractivity contribution in [1.82, 2.24) is 0 Å². The first kappa shape index (κ1) is 14.5. The summed E-state index contributed by atoms with van der Waals surface area (Å²) in [6.45, 7) is 2.17. The van der Waals surface area contributed by atoms with Gasteiger partial charge in [0.1, 0.15) is 5.75 Å². The van der Waals surface area contributed by atoms with Gasteiger partial charge >= 0.3 is 0 Å². The van der Waals surface area contributed by atoms with Gasteiger partial charge in [0.15, 0.2) is 0 Å². The zero-order valence-electron chi connectivity index (χ0n) is 10.6. The third-order valence-electron chi connectivity index (χ3n) is 2.85. The molecule has 0 spiro atoms. The topological polar surface area (TPSA) is 29.5 Å². The monoisotopic (exact) mass is 300 g/mol. The minimum atomic E-state index is -0.259. The molecule has 0 radical (unpaired) electrons. The van der Waals surface area contributed by atoms with Crippen LogP contribution in [0.25, 0.3) is 0 Å². The Morgan fingerprint density at radius 2 is 2.12 bits per heavy atom. The first-order valence-electron chi connectivity index (χ1n) is 6.17. The molecule has 96 valence electrons. The maximum atomic E-state index is 9.96. The van der Waals surface area contributed by atoms with E-state index in [2.05, 4.69) is 22.9 Å². The van der Waals surface area contributed by atoms with Crippen LogP contribution in [0.5, 0.6) is 5.75 Å². The highest BCUT2D eigenvalue weighted by Crippen LogP contribution is 2.24. The summed E-state index contributed by atoms with van der Waals surface area (Å²) < 4.78 is 6.22. The zero-order valence-corrected chi connectivity index (χ0v) is 12.2. The molecule has 0 aliphatic rings. The fourth-order valence-electron chi connectivity index (χ4n) is 1.82. The molecule has 1 aromatic carbocycles. The summed E-state index contributed by atoms with van der Waals surface area (Å²) in [7, 11) is 1.66. The van der Waals surface area contributed by atoms with E-state index in [0.717, 1.165) is 28.6 Å². The molecule has 0 aliphatic carbocycles. The zero-order chi connectivity index (χ0) is 12.7. The van der Waals surface area contributed by atoms with Crippen LogP contribution in [0.1, 0.15) is 38.2 Å². The van der Waals surface area contributed by atoms with Crippen LogP contribution in [0, 0.1) is 0 Å². The lowest BCUT2D eigenvalue weighted by atomic mass is 10.0. The molecule has 0 heterocycles. The Labute approximate surface area is 112 Å². The lowest BCUT2D eigenvalue weighted by Crippen LogP contribution is -2.10. The van der Waals surface area contributed by atoms with Crippen molar-refractivity contribution < 1.29 is 9.84 Å². The highest BCUT2D eigenvalue weighted by Gasteiger charge is 2.09. The van der Waals surface area contributed by atoms with Crippen molar-refractivity contribution in [1.29, 1.82) is 0 Å². The Balaban J connectivity index is 2.54. The summed E-state index contributed by atoms with van der Waals surface area (Å²) in [6.07, 6.45) is 4.77. The van der Waals surface area contributed by atoms with Crippen LogP contribution in [-0.2, 0) is 6.42 Å². The summed E-state index contributed by atoms with van der Waals surface area (Å²) in [6, 6.07) is 5.86. The Kier molecular flexibility index (Phi) is 6.60. The van der Waals surface area contributed by atoms with Crippen molar-refractivity contribution in [3.8, 4) is 5.75 Å². The quantitative estimate of drug-likeness (QED) is 0.773. The number of hydrogen-bond donors (Lipinski definition) is 1. The van der Waals surface area contributed by atoms with Crippen molar-refractivity contribution in [3.05, 3.63) is 28.2 Å². The predicted molar refractivity (Wildman–Crippen MR) is 74.5 cm³/mol. The Morgan fingerprint density at radius 1 is 1.35 bits per heavy atom. The molecule has 0 bridgehead atoms. The summed E-state index contributed by atoms with van der Waals surface area (Å²) >= 11 is 3.50. The number of methoxy groups -OCH3 is 1. The molecular weight excluding hydrogens is 280 g/mol. The number of halogens is 1. The van der Waals surface area contributed by atoms with Gasteiger partial charge in [0.2, 0.25) is 0 Å². The molecule has 1 aromatic rings. The first-order valence-corrected chi connectivity index (χ1v) is 6.97. The van der Waals surface area contributed by atoms with Crippen LogP contribution < -0.4 is 4.74 Å². The molecule has 0 fully saturated rings. The fraction of sp³-hybridized carbons (Fsp3) is 0.571. The molecule has 0 aliphatic heterocycles. The molecule has 1 unspecified atom stereocenters. The SMILES string of the molecule is CCCCCC(O)Cc1cc(OC)ccc1Br. The van der Waals surface area contributed by atoms with Crippen LogP contribution in [-0.4, -0.2) is 18.3 Å². The number of aliphatic hydroxyl groups is 1. The summed E-state index contributed by atoms with van der Waals surface area (Å²) in [5, 5.41) is 9.96. The predicted octanol–water partition coefficient (Wildman–Crippen LogP) is 3.94. The molecule has 1 atom stereocenters. The lowest BCUT2D eigenvalue weighted by Gasteiger charge is -2.12. The molecule has 1 N–H and O–H groups in total. The van der Waals surface area contributed by atoms with E-state index in [1.807, 2.05) is 18.2 Å². The number of ether oxygens (including phenoxy) is 1. The smallest absolute Gasteiger partial charge is 0.119 e. The molecular formula is C14H21BrO2. The van der Waals surface area contributed by atoms with Gasteiger partial charge in [-0.2, -0.15) is 0 Å². The van der Waals surface area contributed by atoms with Gasteiger partial charge in [-0.15, -0.1) is 0 Å². The van der Waals surface area contributed by atoms with Crippen LogP contribution >= 0.6 is 15.9 Å². The fourth-order valence-corrected chi connectivity index (χ4v) is 2.23. The number of aliphatic hydroxyl groups excluding tert-OH is 1. The van der Waals surface area contributed by atoms with Crippen molar-refractivity contribution in [2.45, 2.75) is 45.1 Å². The van der Waals surface area contributed by atoms with E-state index in [4.69, 9.17) is 4.74 Å². The van der Waals surface area contributed by atoms with Crippen molar-refractivity contribution in [3.63, 3.8) is 0 Å². The van der Waals surface area contributed by atoms with Crippen LogP contribution in [0.4, 0.5) is 0 Å². The molecule has 1 rings (SSSR count). The largest absolute Gasteiger partial charge is 0.497 e. The van der Waals surface area contributed by atoms with Gasteiger partial charge in [0.05, 0.1) is 13.2 Å². The maximum Gasteiger partial charge on any atom is 0.119 e. The van der Waals surface area contributed by atoms with E-state index in [9.17, 15) is 5.11 Å². The Hall–Kier alpha value is -0.540. The molecule has 0 amide bonds. The minimum Gasteiger partial charge on any atom is -0.497 e. The summed E-state index contributed by atoms with van der Waals surface area (Å²) in [5.41, 5.74) is 1.10. The third kappa shape index (κ3) is 5.09. The van der Waals surface area contributed by atoms with Gasteiger partial charge < -0.3 is 9.84 Å². The average Bonchev–Trinajstić information content (AvgIpc) is 2.32. The van der Waals surface area contributed by atoms with Gasteiger partial charge in [-0.1, -0.05) is 42.1 Å². The second kappa shape index (κ2) is 7.72. The number of benzene rings is 1. The second-order valence-electron chi connectivity index (χ2n) is 4.31. The van der Waals surface area contributed by atoms with Crippen molar-refractivity contribution >= 4 is 15.9 Å². The van der Waals surface area contributed by atoms with E-state index >= 15 is 0 Å². The summed E-state index contributed by atoms with van der Waals surface area (Å²) in [5.74, 6) is 0.837. The van der Waals surface area contributed by atoms with Gasteiger partial charge in [-0.05, 0) is 36.6 Å². The Morgan fingerprint density at radius 3 is 2.76 bits per heavy atom. The van der Waals surface area contributed by atoms with E-state index in [1.54, 1.807) is 7.11 Å². The standard InChI is InChI=1S/C14H21BrO2/c1-3-4-5-6-12(16)9-11-10-13(17-2)7-8-14(11)15/h7-8,10,12,16H,3-6,9H2,1-2H3. The van der Waals surface area contributed by atoms with Gasteiger partial charge in [-0.25, -0.2) is 0 Å². The van der Waals surface area contributed by atoms with E-state index < -0.39 is 0 Å². The normalized spacial score (nSPS) is 12.5. The number of unbranched alkanes of at least 4 members (excludes halogenated alkanes) is 2. The number of hydrogen-bond acceptors (Lipinski definition) is 2. The van der Waals surface area contributed by atoms with Crippen LogP contribution in [0.3, 0.4) is 0 Å². The minimum absolute atomic E-state index is 0.259. The first-order chi connectivity index (χ1) is 8.17. The van der Waals surface area contributed by atoms with Crippen molar-refractivity contribution in [2.75, 3.05) is 7.11 Å².